The van der Waals surface area contributed by atoms with Crippen LogP contribution >= 0.6 is 23.1 Å². The number of thiophene rings is 1. The Morgan fingerprint density at radius 2 is 1.95 bits per heavy atom. The van der Waals surface area contributed by atoms with Crippen molar-refractivity contribution in [1.82, 2.24) is 10.9 Å². The van der Waals surface area contributed by atoms with Crippen molar-refractivity contribution in [2.45, 2.75) is 5.75 Å². The van der Waals surface area contributed by atoms with Gasteiger partial charge in [0.15, 0.2) is 0 Å². The molecule has 0 saturated carbocycles. The number of rotatable bonds is 5. The van der Waals surface area contributed by atoms with Gasteiger partial charge in [0.25, 0.3) is 5.91 Å². The van der Waals surface area contributed by atoms with Gasteiger partial charge >= 0.3 is 0 Å². The molecule has 0 aliphatic carbocycles. The van der Waals surface area contributed by atoms with Crippen molar-refractivity contribution >= 4 is 34.9 Å². The van der Waals surface area contributed by atoms with E-state index in [9.17, 15) is 14.0 Å². The van der Waals surface area contributed by atoms with Crippen molar-refractivity contribution in [3.05, 3.63) is 58.0 Å². The van der Waals surface area contributed by atoms with Gasteiger partial charge in [0, 0.05) is 10.6 Å². The number of halogens is 1. The van der Waals surface area contributed by atoms with Gasteiger partial charge in [-0.1, -0.05) is 18.2 Å². The second-order valence-corrected chi connectivity index (χ2v) is 6.07. The van der Waals surface area contributed by atoms with E-state index in [4.69, 9.17) is 0 Å². The van der Waals surface area contributed by atoms with Gasteiger partial charge in [-0.05, 0) is 23.6 Å². The first-order valence-electron chi connectivity index (χ1n) is 6.10. The van der Waals surface area contributed by atoms with E-state index >= 15 is 0 Å². The van der Waals surface area contributed by atoms with Crippen LogP contribution in [0.3, 0.4) is 0 Å². The first kappa shape index (κ1) is 15.5. The molecule has 0 fully saturated rings. The maximum absolute atomic E-state index is 13.3. The van der Waals surface area contributed by atoms with E-state index in [0.717, 1.165) is 5.75 Å². The van der Waals surface area contributed by atoms with Gasteiger partial charge in [0.1, 0.15) is 5.82 Å². The molecule has 2 rings (SSSR count). The highest BCUT2D eigenvalue weighted by Crippen LogP contribution is 2.16. The number of nitrogens with one attached hydrogen (secondary N) is 2. The number of thioether (sulfide) groups is 1. The summed E-state index contributed by atoms with van der Waals surface area (Å²) in [5.74, 6) is -0.677. The van der Waals surface area contributed by atoms with Gasteiger partial charge in [-0.15, -0.1) is 23.1 Å². The second kappa shape index (κ2) is 7.80. The van der Waals surface area contributed by atoms with Crippen LogP contribution in [-0.4, -0.2) is 17.6 Å². The minimum atomic E-state index is -0.676. The van der Waals surface area contributed by atoms with Crippen LogP contribution in [0, 0.1) is 5.82 Å². The van der Waals surface area contributed by atoms with Gasteiger partial charge in [0.05, 0.1) is 11.3 Å². The number of benzene rings is 1. The molecule has 1 aromatic heterocycles. The van der Waals surface area contributed by atoms with Crippen LogP contribution in [0.2, 0.25) is 0 Å². The van der Waals surface area contributed by atoms with Crippen molar-refractivity contribution in [3.8, 4) is 0 Å². The number of amides is 2. The van der Waals surface area contributed by atoms with E-state index in [1.54, 1.807) is 17.4 Å². The number of hydrogen-bond donors (Lipinski definition) is 2. The van der Waals surface area contributed by atoms with Crippen LogP contribution in [-0.2, 0) is 10.5 Å². The smallest absolute Gasteiger partial charge is 0.272 e. The Labute approximate surface area is 129 Å². The lowest BCUT2D eigenvalue weighted by Crippen LogP contribution is -2.42. The largest absolute Gasteiger partial charge is 0.272 e. The third-order valence-electron chi connectivity index (χ3n) is 2.49. The molecule has 21 heavy (non-hydrogen) atoms. The molecule has 0 bridgehead atoms. The molecule has 0 saturated heterocycles. The normalized spacial score (nSPS) is 10.1. The van der Waals surface area contributed by atoms with Crippen LogP contribution in [0.1, 0.15) is 15.2 Å². The molecule has 1 heterocycles. The Hall–Kier alpha value is -1.86. The third-order valence-corrected chi connectivity index (χ3v) is 4.53. The van der Waals surface area contributed by atoms with E-state index in [1.165, 1.54) is 34.8 Å². The zero-order valence-corrected chi connectivity index (χ0v) is 12.6. The molecule has 0 aliphatic heterocycles. The summed E-state index contributed by atoms with van der Waals surface area (Å²) in [4.78, 5) is 24.4. The van der Waals surface area contributed by atoms with Gasteiger partial charge < -0.3 is 0 Å². The summed E-state index contributed by atoms with van der Waals surface area (Å²) in [5.41, 5.74) is 4.35. The van der Waals surface area contributed by atoms with Gasteiger partial charge in [-0.2, -0.15) is 0 Å². The quantitative estimate of drug-likeness (QED) is 0.831. The van der Waals surface area contributed by atoms with Crippen LogP contribution in [0.5, 0.6) is 0 Å². The molecule has 2 aromatic rings. The standard InChI is InChI=1S/C14H13FN2O2S2/c15-12-6-2-1-5-11(12)14(19)17-16-13(18)9-20-8-10-4-3-7-21-10/h1-7H,8-9H2,(H,16,18)(H,17,19). The first-order valence-corrected chi connectivity index (χ1v) is 8.14. The maximum Gasteiger partial charge on any atom is 0.272 e. The molecule has 2 N–H and O–H groups in total. The van der Waals surface area contributed by atoms with Gasteiger partial charge in [-0.3, -0.25) is 20.4 Å². The summed E-state index contributed by atoms with van der Waals surface area (Å²) < 4.78 is 13.3. The van der Waals surface area contributed by atoms with Crippen LogP contribution in [0.25, 0.3) is 0 Å². The lowest BCUT2D eigenvalue weighted by atomic mass is 10.2. The average Bonchev–Trinajstić information content (AvgIpc) is 2.98. The minimum Gasteiger partial charge on any atom is -0.272 e. The molecule has 0 aliphatic rings. The van der Waals surface area contributed by atoms with Crippen LogP contribution in [0.4, 0.5) is 4.39 Å². The Morgan fingerprint density at radius 3 is 2.67 bits per heavy atom. The molecular weight excluding hydrogens is 311 g/mol. The van der Waals surface area contributed by atoms with E-state index < -0.39 is 11.7 Å². The van der Waals surface area contributed by atoms with E-state index in [0.29, 0.717) is 0 Å². The minimum absolute atomic E-state index is 0.107. The molecule has 0 spiro atoms. The van der Waals surface area contributed by atoms with Gasteiger partial charge in [-0.25, -0.2) is 4.39 Å². The Balaban J connectivity index is 1.71. The summed E-state index contributed by atoms with van der Waals surface area (Å²) in [6.07, 6.45) is 0. The van der Waals surface area contributed by atoms with E-state index in [1.807, 2.05) is 17.5 Å². The molecule has 1 aromatic carbocycles. The predicted molar refractivity (Wildman–Crippen MR) is 82.5 cm³/mol. The highest BCUT2D eigenvalue weighted by atomic mass is 32.2. The zero-order chi connectivity index (χ0) is 15.1. The molecule has 110 valence electrons. The topological polar surface area (TPSA) is 58.2 Å². The second-order valence-electron chi connectivity index (χ2n) is 4.05. The fourth-order valence-corrected chi connectivity index (χ4v) is 3.18. The van der Waals surface area contributed by atoms with Gasteiger partial charge in [0.2, 0.25) is 5.91 Å². The average molecular weight is 324 g/mol. The Morgan fingerprint density at radius 1 is 1.14 bits per heavy atom. The Bertz CT molecular complexity index is 617. The Kier molecular flexibility index (Phi) is 5.77. The van der Waals surface area contributed by atoms with Crippen molar-refractivity contribution in [2.75, 3.05) is 5.75 Å². The molecule has 7 heteroatoms. The van der Waals surface area contributed by atoms with Crippen molar-refractivity contribution in [2.24, 2.45) is 0 Å². The number of hydrazine groups is 1. The summed E-state index contributed by atoms with van der Waals surface area (Å²) in [7, 11) is 0. The lowest BCUT2D eigenvalue weighted by Gasteiger charge is -2.07. The van der Waals surface area contributed by atoms with Crippen molar-refractivity contribution in [1.29, 1.82) is 0 Å². The molecule has 4 nitrogen and oxygen atoms in total. The zero-order valence-electron chi connectivity index (χ0n) is 11.0. The van der Waals surface area contributed by atoms with E-state index in [2.05, 4.69) is 10.9 Å². The number of carbonyl (C=O) groups is 2. The maximum atomic E-state index is 13.3. The fourth-order valence-electron chi connectivity index (χ4n) is 1.51. The number of carbonyl (C=O) groups excluding carboxylic acids is 2. The van der Waals surface area contributed by atoms with Crippen molar-refractivity contribution < 1.29 is 14.0 Å². The third kappa shape index (κ3) is 4.87. The van der Waals surface area contributed by atoms with Crippen LogP contribution in [0.15, 0.2) is 41.8 Å². The molecular formula is C14H13FN2O2S2. The fraction of sp³-hybridized carbons (Fsp3) is 0.143. The van der Waals surface area contributed by atoms with E-state index in [-0.39, 0.29) is 17.2 Å². The predicted octanol–water partition coefficient (Wildman–Crippen LogP) is 2.58. The first-order chi connectivity index (χ1) is 10.2. The van der Waals surface area contributed by atoms with Crippen molar-refractivity contribution in [3.63, 3.8) is 0 Å². The lowest BCUT2D eigenvalue weighted by molar-refractivity contribution is -0.119. The molecule has 2 amide bonds. The summed E-state index contributed by atoms with van der Waals surface area (Å²) >= 11 is 3.07. The molecule has 0 atom stereocenters. The summed E-state index contributed by atoms with van der Waals surface area (Å²) in [6, 6.07) is 9.53. The molecule has 0 unspecified atom stereocenters. The van der Waals surface area contributed by atoms with Crippen LogP contribution < -0.4 is 10.9 Å². The highest BCUT2D eigenvalue weighted by molar-refractivity contribution is 7.99. The summed E-state index contributed by atoms with van der Waals surface area (Å²) in [6.45, 7) is 0. The summed E-state index contributed by atoms with van der Waals surface area (Å²) in [5, 5.41) is 1.98. The monoisotopic (exact) mass is 324 g/mol. The number of hydrogen-bond acceptors (Lipinski definition) is 4. The molecule has 0 radical (unpaired) electrons. The SMILES string of the molecule is O=C(CSCc1cccs1)NNC(=O)c1ccccc1F. The highest BCUT2D eigenvalue weighted by Gasteiger charge is 2.11.